The van der Waals surface area contributed by atoms with Crippen LogP contribution in [0.1, 0.15) is 62.7 Å². The molecule has 5 heterocycles. The molecule has 2 bridgehead atoms. The molecule has 0 N–H and O–H groups in total. The summed E-state index contributed by atoms with van der Waals surface area (Å²) in [5.41, 5.74) is 2.53. The Morgan fingerprint density at radius 3 is 2.70 bits per heavy atom. The van der Waals surface area contributed by atoms with E-state index in [2.05, 4.69) is 11.6 Å². The number of quaternary nitrogens is 1. The number of ether oxygens (including phenoxy) is 3. The van der Waals surface area contributed by atoms with Gasteiger partial charge in [0.25, 0.3) is 5.69 Å². The fraction of sp³-hybridized carbons (Fsp3) is 0.455. The molecule has 0 amide bonds. The summed E-state index contributed by atoms with van der Waals surface area (Å²) >= 11 is 0. The van der Waals surface area contributed by atoms with E-state index in [0.717, 1.165) is 42.4 Å². The molecule has 2 aromatic carbocycles. The molecule has 228 valence electrons. The number of pyridine rings is 1. The fourth-order valence-corrected chi connectivity index (χ4v) is 7.39. The second kappa shape index (κ2) is 11.5. The van der Waals surface area contributed by atoms with Gasteiger partial charge in [-0.25, -0.2) is 0 Å². The zero-order valence-electron chi connectivity index (χ0n) is 25.0. The van der Waals surface area contributed by atoms with Crippen LogP contribution in [0.3, 0.4) is 0 Å². The number of aromatic nitrogens is 1. The van der Waals surface area contributed by atoms with Gasteiger partial charge in [0, 0.05) is 36.4 Å². The number of esters is 1. The van der Waals surface area contributed by atoms with Gasteiger partial charge in [0.2, 0.25) is 6.29 Å². The number of nitro benzene ring substituents is 1. The maximum absolute atomic E-state index is 13.2. The number of para-hydroxylation sites is 1. The zero-order chi connectivity index (χ0) is 29.8. The van der Waals surface area contributed by atoms with Gasteiger partial charge in [-0.2, -0.15) is 0 Å². The van der Waals surface area contributed by atoms with E-state index in [1.54, 1.807) is 25.4 Å². The number of nitro groups is 1. The third-order valence-electron chi connectivity index (χ3n) is 9.50. The zero-order valence-corrected chi connectivity index (χ0v) is 25.8. The van der Waals surface area contributed by atoms with Crippen LogP contribution in [0, 0.1) is 27.4 Å². The summed E-state index contributed by atoms with van der Waals surface area (Å²) in [5.74, 6) is 0.934. The number of carbonyl (C=O) groups excluding carboxylic acids is 1. The Bertz CT molecular complexity index is 1570. The van der Waals surface area contributed by atoms with Crippen molar-refractivity contribution in [3.8, 4) is 5.75 Å². The van der Waals surface area contributed by atoms with Crippen molar-refractivity contribution in [2.75, 3.05) is 20.2 Å². The van der Waals surface area contributed by atoms with Gasteiger partial charge >= 0.3 is 5.97 Å². The molecule has 9 nitrogen and oxygen atoms in total. The highest BCUT2D eigenvalue weighted by atomic mass is 35.5. The summed E-state index contributed by atoms with van der Waals surface area (Å²) < 4.78 is 19.4. The average molecular weight is 608 g/mol. The predicted octanol–water partition coefficient (Wildman–Crippen LogP) is 3.43. The van der Waals surface area contributed by atoms with Gasteiger partial charge in [-0.3, -0.25) is 19.9 Å². The third kappa shape index (κ3) is 5.28. The van der Waals surface area contributed by atoms with Gasteiger partial charge in [-0.15, -0.1) is 6.58 Å². The second-order valence-electron chi connectivity index (χ2n) is 12.9. The molecule has 3 saturated heterocycles. The number of rotatable bonds is 7. The SMILES string of the molecule is C=CC1C[N+]2(Cc3ccccc3[N+](=O)[O-])CCC1CC2[C@@H]1OC(OC(=O)C(C)(C)C)c2c(OC)ccc3nccc1c23.[Cl-]. The lowest BCUT2D eigenvalue weighted by Gasteiger charge is -2.59. The molecule has 0 saturated carbocycles. The molecule has 1 aromatic heterocycles. The first-order valence-corrected chi connectivity index (χ1v) is 14.6. The number of fused-ring (bicyclic) bond motifs is 3. The number of hydrogen-bond acceptors (Lipinski definition) is 7. The van der Waals surface area contributed by atoms with Crippen LogP contribution in [-0.4, -0.2) is 46.6 Å². The van der Waals surface area contributed by atoms with Crippen molar-refractivity contribution in [1.29, 1.82) is 0 Å². The quantitative estimate of drug-likeness (QED) is 0.133. The monoisotopic (exact) mass is 607 g/mol. The molecule has 3 fully saturated rings. The predicted molar refractivity (Wildman–Crippen MR) is 157 cm³/mol. The molecular weight excluding hydrogens is 570 g/mol. The van der Waals surface area contributed by atoms with Gasteiger partial charge in [0.05, 0.1) is 47.2 Å². The normalized spacial score (nSPS) is 27.7. The molecule has 7 rings (SSSR count). The van der Waals surface area contributed by atoms with E-state index in [1.165, 1.54) is 0 Å². The summed E-state index contributed by atoms with van der Waals surface area (Å²) in [6, 6.07) is 12.7. The first kappa shape index (κ1) is 30.9. The summed E-state index contributed by atoms with van der Waals surface area (Å²) in [7, 11) is 1.59. The lowest BCUT2D eigenvalue weighted by atomic mass is 9.70. The fourth-order valence-electron chi connectivity index (χ4n) is 7.39. The highest BCUT2D eigenvalue weighted by Crippen LogP contribution is 2.54. The van der Waals surface area contributed by atoms with Crippen molar-refractivity contribution in [1.82, 2.24) is 4.98 Å². The van der Waals surface area contributed by atoms with Crippen LogP contribution in [0.4, 0.5) is 5.69 Å². The Morgan fingerprint density at radius 2 is 2.00 bits per heavy atom. The highest BCUT2D eigenvalue weighted by Gasteiger charge is 2.56. The van der Waals surface area contributed by atoms with E-state index in [9.17, 15) is 14.9 Å². The van der Waals surface area contributed by atoms with Crippen molar-refractivity contribution in [2.45, 2.75) is 58.6 Å². The number of hydrogen-bond donors (Lipinski definition) is 0. The second-order valence-corrected chi connectivity index (χ2v) is 12.9. The maximum atomic E-state index is 13.2. The van der Waals surface area contributed by atoms with Gasteiger partial charge < -0.3 is 31.1 Å². The molecule has 43 heavy (non-hydrogen) atoms. The van der Waals surface area contributed by atoms with Gasteiger partial charge in [0.15, 0.2) is 0 Å². The molecule has 5 unspecified atom stereocenters. The minimum atomic E-state index is -0.986. The van der Waals surface area contributed by atoms with Gasteiger partial charge in [0.1, 0.15) is 24.4 Å². The van der Waals surface area contributed by atoms with Crippen molar-refractivity contribution >= 4 is 22.6 Å². The Morgan fingerprint density at radius 1 is 1.23 bits per heavy atom. The minimum absolute atomic E-state index is 0. The van der Waals surface area contributed by atoms with Crippen LogP contribution in [-0.2, 0) is 20.8 Å². The van der Waals surface area contributed by atoms with Gasteiger partial charge in [-0.05, 0) is 56.5 Å². The van der Waals surface area contributed by atoms with Crippen molar-refractivity contribution in [3.05, 3.63) is 88.1 Å². The van der Waals surface area contributed by atoms with Crippen LogP contribution in [0.5, 0.6) is 5.75 Å². The number of halogens is 1. The van der Waals surface area contributed by atoms with Crippen LogP contribution < -0.4 is 17.1 Å². The van der Waals surface area contributed by atoms with Crippen LogP contribution in [0.15, 0.2) is 61.3 Å². The molecular formula is C33H38ClN3O6. The Kier molecular flexibility index (Phi) is 8.28. The first-order chi connectivity index (χ1) is 20.1. The number of piperidine rings is 3. The summed E-state index contributed by atoms with van der Waals surface area (Å²) in [6.45, 7) is 11.8. The standard InChI is InChI=1S/C33H38N3O6.ClH/c1-6-20-18-36(19-22-9-7-8-10-25(22)35(38)39)16-14-21(20)17-26(36)30-23-13-15-34-24-11-12-27(40-5)29(28(23)24)31(41-30)42-32(37)33(2,3)4;/h6-13,15,20-21,26,30-31H,1,14,16-19H2,2-5H3;1H/q+1;/p-1/t20?,21?,26?,30-,31?,36?;/m1./s1. The van der Waals surface area contributed by atoms with Crippen LogP contribution in [0.25, 0.3) is 10.9 Å². The Balaban J connectivity index is 0.00000368. The Hall–Kier alpha value is -3.53. The van der Waals surface area contributed by atoms with E-state index in [-0.39, 0.29) is 35.0 Å². The lowest BCUT2D eigenvalue weighted by molar-refractivity contribution is -0.985. The number of nitrogens with zero attached hydrogens (tertiary/aromatic N) is 3. The van der Waals surface area contributed by atoms with E-state index in [0.29, 0.717) is 39.7 Å². The van der Waals surface area contributed by atoms with Crippen LogP contribution >= 0.6 is 0 Å². The summed E-state index contributed by atoms with van der Waals surface area (Å²) in [5, 5.41) is 12.9. The van der Waals surface area contributed by atoms with E-state index in [4.69, 9.17) is 14.2 Å². The average Bonchev–Trinajstić information content (AvgIpc) is 2.98. The van der Waals surface area contributed by atoms with Crippen LogP contribution in [0.2, 0.25) is 0 Å². The third-order valence-corrected chi connectivity index (χ3v) is 9.50. The maximum Gasteiger partial charge on any atom is 0.313 e. The largest absolute Gasteiger partial charge is 1.00 e. The number of benzene rings is 2. The number of carbonyl (C=O) groups is 1. The smallest absolute Gasteiger partial charge is 0.313 e. The molecule has 3 aromatic rings. The molecule has 0 radical (unpaired) electrons. The molecule has 10 heteroatoms. The molecule has 0 spiro atoms. The molecule has 4 aliphatic rings. The molecule has 0 aliphatic carbocycles. The number of methoxy groups -OCH3 is 1. The molecule has 4 aliphatic heterocycles. The Labute approximate surface area is 258 Å². The van der Waals surface area contributed by atoms with Crippen molar-refractivity contribution < 1.29 is 40.8 Å². The summed E-state index contributed by atoms with van der Waals surface area (Å²) in [4.78, 5) is 29.6. The summed E-state index contributed by atoms with van der Waals surface area (Å²) in [6.07, 6.45) is 4.31. The van der Waals surface area contributed by atoms with E-state index >= 15 is 0 Å². The first-order valence-electron chi connectivity index (χ1n) is 14.6. The van der Waals surface area contributed by atoms with Crippen molar-refractivity contribution in [2.24, 2.45) is 17.3 Å². The van der Waals surface area contributed by atoms with Gasteiger partial charge in [-0.1, -0.05) is 18.2 Å². The lowest BCUT2D eigenvalue weighted by Crippen LogP contribution is -3.00. The highest BCUT2D eigenvalue weighted by molar-refractivity contribution is 5.89. The topological polar surface area (TPSA) is 101 Å². The van der Waals surface area contributed by atoms with E-state index < -0.39 is 17.8 Å². The minimum Gasteiger partial charge on any atom is -1.00 e. The van der Waals surface area contributed by atoms with E-state index in [1.807, 2.05) is 57.2 Å². The molecule has 6 atom stereocenters. The van der Waals surface area contributed by atoms with Crippen molar-refractivity contribution in [3.63, 3.8) is 0 Å².